The van der Waals surface area contributed by atoms with Gasteiger partial charge in [-0.05, 0) is 57.9 Å². The van der Waals surface area contributed by atoms with Crippen LogP contribution >= 0.6 is 0 Å². The normalized spacial score (nSPS) is 14.1. The van der Waals surface area contributed by atoms with Crippen LogP contribution < -0.4 is 10.5 Å². The maximum absolute atomic E-state index is 14.8. The van der Waals surface area contributed by atoms with Gasteiger partial charge >= 0.3 is 0 Å². The zero-order chi connectivity index (χ0) is 18.2. The van der Waals surface area contributed by atoms with E-state index in [-0.39, 0.29) is 6.54 Å². The number of sulfonamides is 1. The van der Waals surface area contributed by atoms with Gasteiger partial charge in [0, 0.05) is 18.5 Å². The molecular formula is C18H27FN2O2S. The molecule has 1 rings (SSSR count). The fourth-order valence-corrected chi connectivity index (χ4v) is 2.73. The molecule has 4 nitrogen and oxygen atoms in total. The maximum atomic E-state index is 14.8. The van der Waals surface area contributed by atoms with Gasteiger partial charge in [0.1, 0.15) is 5.67 Å². The summed E-state index contributed by atoms with van der Waals surface area (Å²) >= 11 is 0. The van der Waals surface area contributed by atoms with Crippen molar-refractivity contribution < 1.29 is 12.8 Å². The van der Waals surface area contributed by atoms with Crippen LogP contribution in [-0.2, 0) is 15.7 Å². The average molecular weight is 354 g/mol. The lowest BCUT2D eigenvalue weighted by molar-refractivity contribution is 0.196. The topological polar surface area (TPSA) is 72.2 Å². The summed E-state index contributed by atoms with van der Waals surface area (Å²) in [6.45, 7) is 4.85. The van der Waals surface area contributed by atoms with Crippen LogP contribution in [0.25, 0.3) is 0 Å². The number of nitrogens with two attached hydrogens (primary N) is 1. The van der Waals surface area contributed by atoms with Gasteiger partial charge in [0.05, 0.1) is 5.25 Å². The molecule has 1 atom stereocenters. The van der Waals surface area contributed by atoms with Gasteiger partial charge in [-0.3, -0.25) is 0 Å². The average Bonchev–Trinajstić information content (AvgIpc) is 2.53. The number of benzene rings is 1. The van der Waals surface area contributed by atoms with Crippen LogP contribution in [0.15, 0.2) is 24.3 Å². The zero-order valence-corrected chi connectivity index (χ0v) is 15.4. The Morgan fingerprint density at radius 2 is 1.88 bits per heavy atom. The number of hydrogen-bond acceptors (Lipinski definition) is 3. The highest BCUT2D eigenvalue weighted by Crippen LogP contribution is 2.25. The number of nitrogens with one attached hydrogen (secondary N) is 1. The molecule has 0 heterocycles. The summed E-state index contributed by atoms with van der Waals surface area (Å²) in [6.07, 6.45) is 2.72. The first-order chi connectivity index (χ1) is 11.2. The van der Waals surface area contributed by atoms with Crippen LogP contribution in [0.5, 0.6) is 0 Å². The van der Waals surface area contributed by atoms with Crippen molar-refractivity contribution in [3.05, 3.63) is 35.4 Å². The van der Waals surface area contributed by atoms with E-state index in [9.17, 15) is 12.8 Å². The molecule has 0 spiro atoms. The zero-order valence-electron chi connectivity index (χ0n) is 14.6. The largest absolute Gasteiger partial charge is 0.330 e. The third-order valence-corrected chi connectivity index (χ3v) is 5.49. The summed E-state index contributed by atoms with van der Waals surface area (Å²) in [5.74, 6) is 6.09. The SMILES string of the molecule is CC(C)S(=O)(=O)NCC(C)(F)c1ccc(C#CCCCCN)cc1. The van der Waals surface area contributed by atoms with Crippen LogP contribution in [0.3, 0.4) is 0 Å². The summed E-state index contributed by atoms with van der Waals surface area (Å²) < 4.78 is 40.6. The van der Waals surface area contributed by atoms with Crippen LogP contribution in [-0.4, -0.2) is 26.8 Å². The molecule has 0 amide bonds. The van der Waals surface area contributed by atoms with E-state index in [1.165, 1.54) is 6.92 Å². The lowest BCUT2D eigenvalue weighted by Crippen LogP contribution is -2.39. The minimum absolute atomic E-state index is 0.294. The van der Waals surface area contributed by atoms with Crippen molar-refractivity contribution in [2.75, 3.05) is 13.1 Å². The standard InChI is InChI=1S/C18H27FN2O2S/c1-15(2)24(22,23)21-14-18(3,19)17-11-9-16(10-12-17)8-6-4-5-7-13-20/h9-12,15,21H,4-5,7,13-14,20H2,1-3H3. The first-order valence-corrected chi connectivity index (χ1v) is 9.70. The monoisotopic (exact) mass is 354 g/mol. The fraction of sp³-hybridized carbons (Fsp3) is 0.556. The molecule has 6 heteroatoms. The molecular weight excluding hydrogens is 327 g/mol. The summed E-state index contributed by atoms with van der Waals surface area (Å²) in [7, 11) is -3.49. The van der Waals surface area contributed by atoms with Crippen molar-refractivity contribution in [1.82, 2.24) is 4.72 Å². The Labute approximate surface area is 145 Å². The Balaban J connectivity index is 2.69. The number of alkyl halides is 1. The van der Waals surface area contributed by atoms with E-state index in [1.807, 2.05) is 0 Å². The summed E-state index contributed by atoms with van der Waals surface area (Å²) in [5.41, 5.74) is 4.87. The van der Waals surface area contributed by atoms with E-state index >= 15 is 0 Å². The molecule has 0 saturated heterocycles. The van der Waals surface area contributed by atoms with Crippen molar-refractivity contribution in [2.24, 2.45) is 5.73 Å². The highest BCUT2D eigenvalue weighted by Gasteiger charge is 2.28. The Morgan fingerprint density at radius 1 is 1.25 bits per heavy atom. The van der Waals surface area contributed by atoms with Crippen molar-refractivity contribution in [3.8, 4) is 11.8 Å². The smallest absolute Gasteiger partial charge is 0.214 e. The Morgan fingerprint density at radius 3 is 2.42 bits per heavy atom. The predicted octanol–water partition coefficient (Wildman–Crippen LogP) is 2.68. The van der Waals surface area contributed by atoms with E-state index in [1.54, 1.807) is 38.1 Å². The molecule has 3 N–H and O–H groups in total. The molecule has 0 fully saturated rings. The minimum Gasteiger partial charge on any atom is -0.330 e. The first-order valence-electron chi connectivity index (χ1n) is 8.16. The molecule has 0 radical (unpaired) electrons. The maximum Gasteiger partial charge on any atom is 0.214 e. The molecule has 0 aromatic heterocycles. The van der Waals surface area contributed by atoms with Gasteiger partial charge in [0.25, 0.3) is 0 Å². The quantitative estimate of drug-likeness (QED) is 0.557. The molecule has 0 saturated carbocycles. The molecule has 1 aromatic carbocycles. The van der Waals surface area contributed by atoms with Crippen LogP contribution in [0.1, 0.15) is 51.2 Å². The molecule has 1 aromatic rings. The predicted molar refractivity (Wildman–Crippen MR) is 96.7 cm³/mol. The van der Waals surface area contributed by atoms with Gasteiger partial charge in [-0.15, -0.1) is 0 Å². The van der Waals surface area contributed by atoms with E-state index in [0.717, 1.165) is 24.8 Å². The minimum atomic E-state index is -3.49. The van der Waals surface area contributed by atoms with Crippen LogP contribution in [0, 0.1) is 11.8 Å². The van der Waals surface area contributed by atoms with E-state index < -0.39 is 20.9 Å². The van der Waals surface area contributed by atoms with Gasteiger partial charge < -0.3 is 5.73 Å². The molecule has 134 valence electrons. The second kappa shape index (κ2) is 9.16. The molecule has 0 aliphatic carbocycles. The van der Waals surface area contributed by atoms with Crippen molar-refractivity contribution in [2.45, 2.75) is 51.0 Å². The lowest BCUT2D eigenvalue weighted by Gasteiger charge is -2.22. The Hall–Kier alpha value is -1.42. The molecule has 1 unspecified atom stereocenters. The number of halogens is 1. The highest BCUT2D eigenvalue weighted by molar-refractivity contribution is 7.90. The van der Waals surface area contributed by atoms with E-state index in [4.69, 9.17) is 5.73 Å². The third kappa shape index (κ3) is 6.60. The van der Waals surface area contributed by atoms with Crippen molar-refractivity contribution in [3.63, 3.8) is 0 Å². The summed E-state index contributed by atoms with van der Waals surface area (Å²) in [4.78, 5) is 0. The molecule has 0 aliphatic rings. The lowest BCUT2D eigenvalue weighted by atomic mass is 9.97. The van der Waals surface area contributed by atoms with Gasteiger partial charge in [-0.2, -0.15) is 0 Å². The van der Waals surface area contributed by atoms with E-state index in [0.29, 0.717) is 12.1 Å². The summed E-state index contributed by atoms with van der Waals surface area (Å²) in [5, 5.41) is -0.592. The number of unbranched alkanes of at least 4 members (excludes halogenated alkanes) is 2. The third-order valence-electron chi connectivity index (χ3n) is 3.70. The second-order valence-electron chi connectivity index (χ2n) is 6.24. The van der Waals surface area contributed by atoms with Gasteiger partial charge in [-0.25, -0.2) is 17.5 Å². The van der Waals surface area contributed by atoms with Gasteiger partial charge in [0.15, 0.2) is 0 Å². The van der Waals surface area contributed by atoms with Crippen molar-refractivity contribution >= 4 is 10.0 Å². The van der Waals surface area contributed by atoms with Gasteiger partial charge in [0.2, 0.25) is 10.0 Å². The number of hydrogen-bond donors (Lipinski definition) is 2. The van der Waals surface area contributed by atoms with Crippen LogP contribution in [0.2, 0.25) is 0 Å². The van der Waals surface area contributed by atoms with Gasteiger partial charge in [-0.1, -0.05) is 24.0 Å². The second-order valence-corrected chi connectivity index (χ2v) is 8.56. The molecule has 0 bridgehead atoms. The fourth-order valence-electron chi connectivity index (χ4n) is 1.93. The molecule has 0 aliphatic heterocycles. The first kappa shape index (κ1) is 20.6. The summed E-state index contributed by atoms with van der Waals surface area (Å²) in [6, 6.07) is 6.79. The molecule has 24 heavy (non-hydrogen) atoms. The Bertz CT molecular complexity index is 671. The van der Waals surface area contributed by atoms with Crippen molar-refractivity contribution in [1.29, 1.82) is 0 Å². The number of rotatable bonds is 8. The van der Waals surface area contributed by atoms with Crippen LogP contribution in [0.4, 0.5) is 4.39 Å². The van der Waals surface area contributed by atoms with E-state index in [2.05, 4.69) is 16.6 Å². The Kier molecular flexibility index (Phi) is 7.88. The highest BCUT2D eigenvalue weighted by atomic mass is 32.2.